The van der Waals surface area contributed by atoms with Crippen LogP contribution >= 0.6 is 0 Å². The number of carboxylic acid groups (broad SMARTS) is 1. The van der Waals surface area contributed by atoms with E-state index < -0.39 is 11.5 Å². The summed E-state index contributed by atoms with van der Waals surface area (Å²) in [4.78, 5) is 25.3. The van der Waals surface area contributed by atoms with Gasteiger partial charge in [-0.25, -0.2) is 9.18 Å². The molecule has 1 aliphatic heterocycles. The minimum atomic E-state index is -0.967. The molecule has 2 N–H and O–H groups in total. The number of nitrogens with one attached hydrogen (secondary N) is 1. The van der Waals surface area contributed by atoms with E-state index in [1.807, 2.05) is 6.07 Å². The molecule has 0 spiro atoms. The molecule has 148 valence electrons. The third-order valence-electron chi connectivity index (χ3n) is 5.37. The Morgan fingerprint density at radius 2 is 1.89 bits per heavy atom. The van der Waals surface area contributed by atoms with E-state index in [0.29, 0.717) is 37.2 Å². The summed E-state index contributed by atoms with van der Waals surface area (Å²) in [7, 11) is 1.50. The van der Waals surface area contributed by atoms with Crippen molar-refractivity contribution in [3.63, 3.8) is 0 Å². The Morgan fingerprint density at radius 3 is 2.54 bits per heavy atom. The summed E-state index contributed by atoms with van der Waals surface area (Å²) in [6, 6.07) is 13.2. The Hall–Kier alpha value is -3.09. The van der Waals surface area contributed by atoms with Gasteiger partial charge in [0.1, 0.15) is 11.6 Å². The maximum atomic E-state index is 13.9. The van der Waals surface area contributed by atoms with Crippen molar-refractivity contribution >= 4 is 12.0 Å². The van der Waals surface area contributed by atoms with Crippen molar-refractivity contribution in [1.82, 2.24) is 10.2 Å². The lowest BCUT2D eigenvalue weighted by Crippen LogP contribution is -2.50. The van der Waals surface area contributed by atoms with E-state index in [1.165, 1.54) is 24.1 Å². The zero-order chi connectivity index (χ0) is 20.1. The Labute approximate surface area is 162 Å². The SMILES string of the molecule is COc1ccccc1C(=O)NCC1(c2cccc(F)c2)CCN(C(=O)O)CC1. The maximum absolute atomic E-state index is 13.9. The zero-order valence-electron chi connectivity index (χ0n) is 15.7. The molecule has 7 heteroatoms. The minimum Gasteiger partial charge on any atom is -0.496 e. The minimum absolute atomic E-state index is 0.279. The summed E-state index contributed by atoms with van der Waals surface area (Å²) < 4.78 is 19.1. The quantitative estimate of drug-likeness (QED) is 0.827. The van der Waals surface area contributed by atoms with E-state index >= 15 is 0 Å². The van der Waals surface area contributed by atoms with Gasteiger partial charge in [0.15, 0.2) is 0 Å². The Morgan fingerprint density at radius 1 is 1.18 bits per heavy atom. The number of rotatable bonds is 5. The van der Waals surface area contributed by atoms with Crippen molar-refractivity contribution in [3.8, 4) is 5.75 Å². The van der Waals surface area contributed by atoms with Crippen LogP contribution in [0, 0.1) is 5.82 Å². The van der Waals surface area contributed by atoms with Crippen LogP contribution in [0.5, 0.6) is 5.75 Å². The molecule has 3 rings (SSSR count). The average Bonchev–Trinajstić information content (AvgIpc) is 2.72. The molecule has 0 bridgehead atoms. The number of ether oxygens (including phenoxy) is 1. The fourth-order valence-corrected chi connectivity index (χ4v) is 3.69. The standard InChI is InChI=1S/C21H23FN2O4/c1-28-18-8-3-2-7-17(18)19(25)23-14-21(15-5-4-6-16(22)13-15)9-11-24(12-10-21)20(26)27/h2-8,13H,9-12,14H2,1H3,(H,23,25)(H,26,27). The summed E-state index contributed by atoms with van der Waals surface area (Å²) in [5.74, 6) is -0.164. The van der Waals surface area contributed by atoms with E-state index in [2.05, 4.69) is 5.32 Å². The van der Waals surface area contributed by atoms with E-state index in [0.717, 1.165) is 5.56 Å². The predicted molar refractivity (Wildman–Crippen MR) is 102 cm³/mol. The van der Waals surface area contributed by atoms with Gasteiger partial charge >= 0.3 is 6.09 Å². The lowest BCUT2D eigenvalue weighted by molar-refractivity contribution is 0.0905. The van der Waals surface area contributed by atoms with Gasteiger partial charge in [-0.1, -0.05) is 24.3 Å². The summed E-state index contributed by atoms with van der Waals surface area (Å²) in [5, 5.41) is 12.2. The molecule has 1 aliphatic rings. The average molecular weight is 386 g/mol. The number of nitrogens with zero attached hydrogens (tertiary/aromatic N) is 1. The van der Waals surface area contributed by atoms with Crippen molar-refractivity contribution in [1.29, 1.82) is 0 Å². The van der Waals surface area contributed by atoms with E-state index in [4.69, 9.17) is 4.74 Å². The highest BCUT2D eigenvalue weighted by atomic mass is 19.1. The number of hydrogen-bond acceptors (Lipinski definition) is 3. The molecule has 6 nitrogen and oxygen atoms in total. The molecular formula is C21H23FN2O4. The fourth-order valence-electron chi connectivity index (χ4n) is 3.69. The molecule has 1 heterocycles. The normalized spacial score (nSPS) is 15.7. The molecule has 1 saturated heterocycles. The Kier molecular flexibility index (Phi) is 5.82. The van der Waals surface area contributed by atoms with Crippen LogP contribution in [-0.2, 0) is 5.41 Å². The highest BCUT2D eigenvalue weighted by Crippen LogP contribution is 2.35. The van der Waals surface area contributed by atoms with Crippen LogP contribution in [0.2, 0.25) is 0 Å². The molecule has 2 amide bonds. The third kappa shape index (κ3) is 4.08. The van der Waals surface area contributed by atoms with Crippen LogP contribution in [0.3, 0.4) is 0 Å². The first-order chi connectivity index (χ1) is 13.4. The number of piperidine rings is 1. The van der Waals surface area contributed by atoms with Gasteiger partial charge in [-0.05, 0) is 42.7 Å². The van der Waals surface area contributed by atoms with E-state index in [9.17, 15) is 19.1 Å². The lowest BCUT2D eigenvalue weighted by atomic mass is 9.72. The number of carbonyl (C=O) groups is 2. The molecule has 0 aromatic heterocycles. The van der Waals surface area contributed by atoms with Crippen LogP contribution < -0.4 is 10.1 Å². The topological polar surface area (TPSA) is 78.9 Å². The fraction of sp³-hybridized carbons (Fsp3) is 0.333. The Balaban J connectivity index is 1.82. The highest BCUT2D eigenvalue weighted by Gasteiger charge is 2.38. The molecule has 2 aromatic rings. The van der Waals surface area contributed by atoms with Gasteiger partial charge in [0.25, 0.3) is 5.91 Å². The first-order valence-electron chi connectivity index (χ1n) is 9.10. The third-order valence-corrected chi connectivity index (χ3v) is 5.37. The van der Waals surface area contributed by atoms with Crippen LogP contribution in [0.25, 0.3) is 0 Å². The number of amides is 2. The molecule has 0 atom stereocenters. The number of para-hydroxylation sites is 1. The van der Waals surface area contributed by atoms with Crippen molar-refractivity contribution < 1.29 is 23.8 Å². The Bertz CT molecular complexity index is 863. The summed E-state index contributed by atoms with van der Waals surface area (Å²) in [5.41, 5.74) is 0.645. The van der Waals surface area contributed by atoms with Crippen molar-refractivity contribution in [3.05, 3.63) is 65.5 Å². The summed E-state index contributed by atoms with van der Waals surface area (Å²) in [6.07, 6.45) is 0.0232. The molecule has 0 saturated carbocycles. The molecule has 1 fully saturated rings. The maximum Gasteiger partial charge on any atom is 0.407 e. The van der Waals surface area contributed by atoms with Crippen LogP contribution in [0.4, 0.5) is 9.18 Å². The van der Waals surface area contributed by atoms with E-state index in [1.54, 1.807) is 30.3 Å². The van der Waals surface area contributed by atoms with Gasteiger partial charge in [-0.2, -0.15) is 0 Å². The lowest BCUT2D eigenvalue weighted by Gasteiger charge is -2.41. The van der Waals surface area contributed by atoms with Gasteiger partial charge in [-0.15, -0.1) is 0 Å². The van der Waals surface area contributed by atoms with Gasteiger partial charge in [0.05, 0.1) is 12.7 Å². The predicted octanol–water partition coefficient (Wildman–Crippen LogP) is 3.28. The van der Waals surface area contributed by atoms with Crippen LogP contribution in [0.1, 0.15) is 28.8 Å². The van der Waals surface area contributed by atoms with Crippen LogP contribution in [0.15, 0.2) is 48.5 Å². The van der Waals surface area contributed by atoms with Crippen LogP contribution in [-0.4, -0.2) is 48.8 Å². The molecule has 2 aromatic carbocycles. The van der Waals surface area contributed by atoms with Crippen molar-refractivity contribution in [2.75, 3.05) is 26.7 Å². The first kappa shape index (κ1) is 19.7. The summed E-state index contributed by atoms with van der Waals surface area (Å²) in [6.45, 7) is 0.938. The van der Waals surface area contributed by atoms with Gasteiger partial charge in [0, 0.05) is 25.0 Å². The van der Waals surface area contributed by atoms with Gasteiger partial charge < -0.3 is 20.1 Å². The van der Waals surface area contributed by atoms with E-state index in [-0.39, 0.29) is 18.3 Å². The number of hydrogen-bond donors (Lipinski definition) is 2. The number of benzene rings is 2. The summed E-state index contributed by atoms with van der Waals surface area (Å²) >= 11 is 0. The monoisotopic (exact) mass is 386 g/mol. The molecule has 0 unspecified atom stereocenters. The molecule has 0 radical (unpaired) electrons. The number of methoxy groups -OCH3 is 1. The second-order valence-electron chi connectivity index (χ2n) is 6.94. The van der Waals surface area contributed by atoms with Crippen molar-refractivity contribution in [2.24, 2.45) is 0 Å². The van der Waals surface area contributed by atoms with Crippen molar-refractivity contribution in [2.45, 2.75) is 18.3 Å². The zero-order valence-corrected chi connectivity index (χ0v) is 15.7. The second-order valence-corrected chi connectivity index (χ2v) is 6.94. The smallest absolute Gasteiger partial charge is 0.407 e. The number of carbonyl (C=O) groups excluding carboxylic acids is 1. The van der Waals surface area contributed by atoms with Gasteiger partial charge in [-0.3, -0.25) is 4.79 Å². The molecule has 28 heavy (non-hydrogen) atoms. The second kappa shape index (κ2) is 8.29. The largest absolute Gasteiger partial charge is 0.496 e. The van der Waals surface area contributed by atoms with Gasteiger partial charge in [0.2, 0.25) is 0 Å². The molecular weight excluding hydrogens is 363 g/mol. The number of halogens is 1. The number of likely N-dealkylation sites (tertiary alicyclic amines) is 1. The first-order valence-corrected chi connectivity index (χ1v) is 9.10. The highest BCUT2D eigenvalue weighted by molar-refractivity contribution is 5.97. The molecule has 0 aliphatic carbocycles.